The Labute approximate surface area is 114 Å². The summed E-state index contributed by atoms with van der Waals surface area (Å²) < 4.78 is 0. The molecule has 0 aliphatic carbocycles. The third-order valence-electron chi connectivity index (χ3n) is 3.72. The maximum atomic E-state index is 10.6. The maximum Gasteiger partial charge on any atom is 0.307 e. The van der Waals surface area contributed by atoms with Crippen LogP contribution in [-0.2, 0) is 17.8 Å². The Balaban J connectivity index is 1.90. The molecule has 0 amide bonds. The summed E-state index contributed by atoms with van der Waals surface area (Å²) in [4.78, 5) is 13.1. The van der Waals surface area contributed by atoms with E-state index in [-0.39, 0.29) is 6.42 Å². The topological polar surface area (TPSA) is 66.6 Å². The zero-order chi connectivity index (χ0) is 13.7. The van der Waals surface area contributed by atoms with E-state index < -0.39 is 5.97 Å². The minimum atomic E-state index is -0.783. The van der Waals surface area contributed by atoms with Gasteiger partial charge in [0.15, 0.2) is 0 Å². The van der Waals surface area contributed by atoms with E-state index in [9.17, 15) is 4.79 Å². The summed E-state index contributed by atoms with van der Waals surface area (Å²) in [7, 11) is 0. The van der Waals surface area contributed by atoms with Crippen molar-refractivity contribution in [2.75, 3.05) is 19.6 Å². The summed E-state index contributed by atoms with van der Waals surface area (Å²) in [5.41, 5.74) is 7.84. The number of carbonyl (C=O) groups is 1. The van der Waals surface area contributed by atoms with Crippen molar-refractivity contribution in [3.63, 3.8) is 0 Å². The highest BCUT2D eigenvalue weighted by Gasteiger charge is 2.18. The molecular formula is C15H22N2O2. The van der Waals surface area contributed by atoms with Crippen LogP contribution in [0.25, 0.3) is 0 Å². The number of likely N-dealkylation sites (tertiary alicyclic amines) is 1. The van der Waals surface area contributed by atoms with Gasteiger partial charge in [0.05, 0.1) is 6.42 Å². The molecule has 3 N–H and O–H groups in total. The van der Waals surface area contributed by atoms with Gasteiger partial charge in [0.25, 0.3) is 0 Å². The Morgan fingerprint density at radius 2 is 2.00 bits per heavy atom. The Bertz CT molecular complexity index is 417. The summed E-state index contributed by atoms with van der Waals surface area (Å²) in [6.07, 6.45) is 2.56. The summed E-state index contributed by atoms with van der Waals surface area (Å²) in [5.74, 6) is -0.158. The molecule has 1 aromatic carbocycles. The molecule has 0 saturated carbocycles. The molecule has 1 aliphatic heterocycles. The highest BCUT2D eigenvalue weighted by atomic mass is 16.4. The van der Waals surface area contributed by atoms with Crippen molar-refractivity contribution in [2.24, 2.45) is 11.7 Å². The van der Waals surface area contributed by atoms with Crippen molar-refractivity contribution >= 4 is 5.97 Å². The Kier molecular flexibility index (Phi) is 4.93. The predicted octanol–water partition coefficient (Wildman–Crippen LogP) is 1.48. The average Bonchev–Trinajstić information content (AvgIpc) is 2.41. The molecule has 104 valence electrons. The molecule has 0 radical (unpaired) electrons. The summed E-state index contributed by atoms with van der Waals surface area (Å²) in [6, 6.07) is 7.89. The third-order valence-corrected chi connectivity index (χ3v) is 3.72. The van der Waals surface area contributed by atoms with Gasteiger partial charge in [-0.2, -0.15) is 0 Å². The van der Waals surface area contributed by atoms with Gasteiger partial charge in [-0.05, 0) is 43.0 Å². The zero-order valence-corrected chi connectivity index (χ0v) is 11.2. The molecule has 0 bridgehead atoms. The molecule has 4 nitrogen and oxygen atoms in total. The van der Waals surface area contributed by atoms with Gasteiger partial charge in [-0.3, -0.25) is 9.69 Å². The Hall–Kier alpha value is -1.39. The molecule has 1 aromatic rings. The predicted molar refractivity (Wildman–Crippen MR) is 74.8 cm³/mol. The van der Waals surface area contributed by atoms with E-state index in [1.165, 1.54) is 18.4 Å². The lowest BCUT2D eigenvalue weighted by Crippen LogP contribution is -2.37. The summed E-state index contributed by atoms with van der Waals surface area (Å²) >= 11 is 0. The van der Waals surface area contributed by atoms with Crippen LogP contribution in [0.15, 0.2) is 24.3 Å². The minimum absolute atomic E-state index is 0.0965. The fourth-order valence-corrected chi connectivity index (χ4v) is 2.68. The first kappa shape index (κ1) is 14.0. The number of carboxylic acid groups (broad SMARTS) is 1. The van der Waals surface area contributed by atoms with Crippen molar-refractivity contribution in [2.45, 2.75) is 25.8 Å². The van der Waals surface area contributed by atoms with E-state index >= 15 is 0 Å². The van der Waals surface area contributed by atoms with Crippen molar-refractivity contribution < 1.29 is 9.90 Å². The van der Waals surface area contributed by atoms with E-state index in [4.69, 9.17) is 10.8 Å². The van der Waals surface area contributed by atoms with Crippen LogP contribution in [0.5, 0.6) is 0 Å². The smallest absolute Gasteiger partial charge is 0.307 e. The van der Waals surface area contributed by atoms with Gasteiger partial charge in [-0.25, -0.2) is 0 Å². The first-order valence-corrected chi connectivity index (χ1v) is 6.89. The van der Waals surface area contributed by atoms with E-state index in [2.05, 4.69) is 4.90 Å². The molecule has 1 unspecified atom stereocenters. The van der Waals surface area contributed by atoms with Crippen molar-refractivity contribution in [3.8, 4) is 0 Å². The Morgan fingerprint density at radius 3 is 2.63 bits per heavy atom. The lowest BCUT2D eigenvalue weighted by Gasteiger charge is -2.32. The number of aliphatic carboxylic acids is 1. The van der Waals surface area contributed by atoms with Crippen LogP contribution in [0.2, 0.25) is 0 Å². The average molecular weight is 262 g/mol. The van der Waals surface area contributed by atoms with Crippen LogP contribution in [0.4, 0.5) is 0 Å². The van der Waals surface area contributed by atoms with Crippen LogP contribution in [0.3, 0.4) is 0 Å². The van der Waals surface area contributed by atoms with Gasteiger partial charge in [0, 0.05) is 13.1 Å². The standard InChI is InChI=1S/C15H22N2O2/c16-9-14-2-1-7-17(11-14)10-13-5-3-12(4-6-13)8-15(18)19/h3-6,14H,1-2,7-11,16H2,(H,18,19). The number of piperidine rings is 1. The van der Waals surface area contributed by atoms with Gasteiger partial charge >= 0.3 is 5.97 Å². The van der Waals surface area contributed by atoms with Crippen molar-refractivity contribution in [1.82, 2.24) is 4.90 Å². The van der Waals surface area contributed by atoms with E-state index in [1.54, 1.807) is 0 Å². The van der Waals surface area contributed by atoms with Crippen LogP contribution in [0, 0.1) is 5.92 Å². The van der Waals surface area contributed by atoms with Gasteiger partial charge in [0.1, 0.15) is 0 Å². The van der Waals surface area contributed by atoms with Gasteiger partial charge < -0.3 is 10.8 Å². The fraction of sp³-hybridized carbons (Fsp3) is 0.533. The molecule has 1 aliphatic rings. The minimum Gasteiger partial charge on any atom is -0.481 e. The number of carboxylic acids is 1. The molecular weight excluding hydrogens is 240 g/mol. The van der Waals surface area contributed by atoms with Gasteiger partial charge in [-0.1, -0.05) is 24.3 Å². The largest absolute Gasteiger partial charge is 0.481 e. The van der Waals surface area contributed by atoms with E-state index in [0.29, 0.717) is 5.92 Å². The number of nitrogens with two attached hydrogens (primary N) is 1. The highest BCUT2D eigenvalue weighted by molar-refractivity contribution is 5.70. The lowest BCUT2D eigenvalue weighted by atomic mass is 9.98. The van der Waals surface area contributed by atoms with Crippen LogP contribution >= 0.6 is 0 Å². The van der Waals surface area contributed by atoms with Gasteiger partial charge in [-0.15, -0.1) is 0 Å². The number of nitrogens with zero attached hydrogens (tertiary/aromatic N) is 1. The van der Waals surface area contributed by atoms with Crippen LogP contribution < -0.4 is 5.73 Å². The third kappa shape index (κ3) is 4.33. The van der Waals surface area contributed by atoms with Gasteiger partial charge in [0.2, 0.25) is 0 Å². The molecule has 1 atom stereocenters. The van der Waals surface area contributed by atoms with E-state index in [1.807, 2.05) is 24.3 Å². The normalized spacial score (nSPS) is 20.4. The molecule has 4 heteroatoms. The molecule has 1 saturated heterocycles. The molecule has 19 heavy (non-hydrogen) atoms. The molecule has 1 heterocycles. The van der Waals surface area contributed by atoms with Crippen LogP contribution in [-0.4, -0.2) is 35.6 Å². The molecule has 1 fully saturated rings. The number of benzene rings is 1. The highest BCUT2D eigenvalue weighted by Crippen LogP contribution is 2.18. The zero-order valence-electron chi connectivity index (χ0n) is 11.2. The second-order valence-electron chi connectivity index (χ2n) is 5.37. The first-order valence-electron chi connectivity index (χ1n) is 6.89. The van der Waals surface area contributed by atoms with E-state index in [0.717, 1.165) is 31.7 Å². The Morgan fingerprint density at radius 1 is 1.32 bits per heavy atom. The fourth-order valence-electron chi connectivity index (χ4n) is 2.68. The van der Waals surface area contributed by atoms with Crippen LogP contribution in [0.1, 0.15) is 24.0 Å². The van der Waals surface area contributed by atoms with Crippen molar-refractivity contribution in [1.29, 1.82) is 0 Å². The quantitative estimate of drug-likeness (QED) is 0.843. The summed E-state index contributed by atoms with van der Waals surface area (Å²) in [6.45, 7) is 3.92. The first-order chi connectivity index (χ1) is 9.17. The lowest BCUT2D eigenvalue weighted by molar-refractivity contribution is -0.136. The molecule has 2 rings (SSSR count). The number of hydrogen-bond donors (Lipinski definition) is 2. The van der Waals surface area contributed by atoms with Crippen molar-refractivity contribution in [3.05, 3.63) is 35.4 Å². The second kappa shape index (κ2) is 6.68. The maximum absolute atomic E-state index is 10.6. The second-order valence-corrected chi connectivity index (χ2v) is 5.37. The number of hydrogen-bond acceptors (Lipinski definition) is 3. The summed E-state index contributed by atoms with van der Waals surface area (Å²) in [5, 5.41) is 8.73. The monoisotopic (exact) mass is 262 g/mol. The molecule has 0 spiro atoms. The molecule has 0 aromatic heterocycles. The number of rotatable bonds is 5. The SMILES string of the molecule is NCC1CCCN(Cc2ccc(CC(=O)O)cc2)C1.